The van der Waals surface area contributed by atoms with Gasteiger partial charge in [-0.05, 0) is 52.9 Å². The Bertz CT molecular complexity index is 461. The third-order valence-corrected chi connectivity index (χ3v) is 2.43. The molecule has 0 amide bonds. The Kier molecular flexibility index (Phi) is 3.15. The molecular weight excluding hydrogens is 308 g/mol. The Labute approximate surface area is 100 Å². The molecule has 1 heterocycles. The summed E-state index contributed by atoms with van der Waals surface area (Å²) in [5.41, 5.74) is 0. The summed E-state index contributed by atoms with van der Waals surface area (Å²) in [6.07, 6.45) is 3.18. The van der Waals surface area contributed by atoms with Gasteiger partial charge in [0.15, 0.2) is 11.6 Å². The molecule has 1 aromatic heterocycles. The lowest BCUT2D eigenvalue weighted by molar-refractivity contribution is 0.440. The topological polar surface area (TPSA) is 22.1 Å². The first-order valence-corrected chi connectivity index (χ1v) is 5.36. The van der Waals surface area contributed by atoms with E-state index in [4.69, 9.17) is 4.74 Å². The number of hydrogen-bond acceptors (Lipinski definition) is 2. The van der Waals surface area contributed by atoms with E-state index >= 15 is 0 Å². The van der Waals surface area contributed by atoms with Crippen LogP contribution in [-0.4, -0.2) is 4.98 Å². The second kappa shape index (κ2) is 4.57. The SMILES string of the molecule is Fc1cc(I)ccc1Oc1cccnc1. The molecule has 4 heteroatoms. The van der Waals surface area contributed by atoms with Gasteiger partial charge in [-0.1, -0.05) is 0 Å². The highest BCUT2D eigenvalue weighted by molar-refractivity contribution is 14.1. The summed E-state index contributed by atoms with van der Waals surface area (Å²) in [5, 5.41) is 0. The minimum Gasteiger partial charge on any atom is -0.453 e. The standard InChI is InChI=1S/C11H7FINO/c12-10-6-8(13)3-4-11(10)15-9-2-1-5-14-7-9/h1-7H. The van der Waals surface area contributed by atoms with E-state index in [-0.39, 0.29) is 11.6 Å². The number of nitrogens with zero attached hydrogens (tertiary/aromatic N) is 1. The molecule has 2 nitrogen and oxygen atoms in total. The molecule has 0 unspecified atom stereocenters. The van der Waals surface area contributed by atoms with Crippen molar-refractivity contribution in [2.75, 3.05) is 0 Å². The van der Waals surface area contributed by atoms with Crippen molar-refractivity contribution >= 4 is 22.6 Å². The van der Waals surface area contributed by atoms with Crippen molar-refractivity contribution in [1.29, 1.82) is 0 Å². The fourth-order valence-electron chi connectivity index (χ4n) is 1.09. The van der Waals surface area contributed by atoms with Crippen LogP contribution in [0.15, 0.2) is 42.7 Å². The van der Waals surface area contributed by atoms with Crippen molar-refractivity contribution in [2.45, 2.75) is 0 Å². The first-order chi connectivity index (χ1) is 7.25. The zero-order chi connectivity index (χ0) is 10.7. The number of benzene rings is 1. The Balaban J connectivity index is 2.25. The van der Waals surface area contributed by atoms with E-state index in [9.17, 15) is 4.39 Å². The van der Waals surface area contributed by atoms with Crippen LogP contribution in [0, 0.1) is 9.39 Å². The molecule has 0 spiro atoms. The van der Waals surface area contributed by atoms with E-state index in [2.05, 4.69) is 4.98 Å². The summed E-state index contributed by atoms with van der Waals surface area (Å²) in [6, 6.07) is 8.27. The third-order valence-electron chi connectivity index (χ3n) is 1.76. The van der Waals surface area contributed by atoms with E-state index in [1.54, 1.807) is 30.5 Å². The first kappa shape index (κ1) is 10.4. The van der Waals surface area contributed by atoms with Crippen molar-refractivity contribution in [3.8, 4) is 11.5 Å². The number of aromatic nitrogens is 1. The lowest BCUT2D eigenvalue weighted by atomic mass is 10.3. The van der Waals surface area contributed by atoms with Crippen LogP contribution in [-0.2, 0) is 0 Å². The van der Waals surface area contributed by atoms with Gasteiger partial charge in [0.2, 0.25) is 0 Å². The van der Waals surface area contributed by atoms with Crippen LogP contribution in [0.4, 0.5) is 4.39 Å². The molecule has 0 radical (unpaired) electrons. The van der Waals surface area contributed by atoms with Gasteiger partial charge in [-0.2, -0.15) is 0 Å². The Morgan fingerprint density at radius 2 is 2.13 bits per heavy atom. The summed E-state index contributed by atoms with van der Waals surface area (Å²) in [5.74, 6) is 0.367. The van der Waals surface area contributed by atoms with Gasteiger partial charge in [0, 0.05) is 9.77 Å². The van der Waals surface area contributed by atoms with Gasteiger partial charge in [0.25, 0.3) is 0 Å². The zero-order valence-corrected chi connectivity index (χ0v) is 9.81. The van der Waals surface area contributed by atoms with Crippen LogP contribution >= 0.6 is 22.6 Å². The normalized spacial score (nSPS) is 10.0. The first-order valence-electron chi connectivity index (χ1n) is 4.28. The summed E-state index contributed by atoms with van der Waals surface area (Å²) in [6.45, 7) is 0. The van der Waals surface area contributed by atoms with Crippen LogP contribution in [0.25, 0.3) is 0 Å². The number of hydrogen-bond donors (Lipinski definition) is 0. The molecular formula is C11H7FINO. The molecule has 2 aromatic rings. The van der Waals surface area contributed by atoms with Gasteiger partial charge in [-0.25, -0.2) is 4.39 Å². The molecule has 0 aliphatic carbocycles. The molecule has 0 atom stereocenters. The van der Waals surface area contributed by atoms with Gasteiger partial charge in [0.05, 0.1) is 6.20 Å². The quantitative estimate of drug-likeness (QED) is 0.790. The summed E-state index contributed by atoms with van der Waals surface area (Å²) in [7, 11) is 0. The molecule has 15 heavy (non-hydrogen) atoms. The zero-order valence-electron chi connectivity index (χ0n) is 7.65. The minimum absolute atomic E-state index is 0.211. The molecule has 0 aliphatic heterocycles. The van der Waals surface area contributed by atoms with Crippen LogP contribution in [0.1, 0.15) is 0 Å². The number of rotatable bonds is 2. The van der Waals surface area contributed by atoms with E-state index in [0.29, 0.717) is 5.75 Å². The maximum absolute atomic E-state index is 13.4. The van der Waals surface area contributed by atoms with E-state index in [1.165, 1.54) is 12.3 Å². The largest absolute Gasteiger partial charge is 0.453 e. The fourth-order valence-corrected chi connectivity index (χ4v) is 1.55. The molecule has 2 rings (SSSR count). The second-order valence-corrected chi connectivity index (χ2v) is 4.11. The van der Waals surface area contributed by atoms with Gasteiger partial charge in [-0.15, -0.1) is 0 Å². The maximum atomic E-state index is 13.4. The van der Waals surface area contributed by atoms with Crippen molar-refractivity contribution in [3.63, 3.8) is 0 Å². The minimum atomic E-state index is -0.370. The molecule has 0 fully saturated rings. The van der Waals surface area contributed by atoms with E-state index < -0.39 is 0 Å². The lowest BCUT2D eigenvalue weighted by Gasteiger charge is -2.05. The highest BCUT2D eigenvalue weighted by atomic mass is 127. The van der Waals surface area contributed by atoms with Gasteiger partial charge >= 0.3 is 0 Å². The Morgan fingerprint density at radius 1 is 1.27 bits per heavy atom. The van der Waals surface area contributed by atoms with Gasteiger partial charge in [-0.3, -0.25) is 4.98 Å². The monoisotopic (exact) mass is 315 g/mol. The molecule has 1 aromatic carbocycles. The van der Waals surface area contributed by atoms with Crippen LogP contribution in [0.3, 0.4) is 0 Å². The summed E-state index contributed by atoms with van der Waals surface area (Å²) >= 11 is 2.05. The van der Waals surface area contributed by atoms with E-state index in [0.717, 1.165) is 3.57 Å². The lowest BCUT2D eigenvalue weighted by Crippen LogP contribution is -1.89. The average Bonchev–Trinajstić information content (AvgIpc) is 2.24. The highest BCUT2D eigenvalue weighted by Gasteiger charge is 2.04. The summed E-state index contributed by atoms with van der Waals surface area (Å²) < 4.78 is 19.5. The number of ether oxygens (including phenoxy) is 1. The Hall–Kier alpha value is -1.17. The molecule has 0 saturated heterocycles. The van der Waals surface area contributed by atoms with Crippen molar-refractivity contribution < 1.29 is 9.13 Å². The van der Waals surface area contributed by atoms with E-state index in [1.807, 2.05) is 22.6 Å². The van der Waals surface area contributed by atoms with Gasteiger partial charge in [0.1, 0.15) is 5.75 Å². The highest BCUT2D eigenvalue weighted by Crippen LogP contribution is 2.24. The second-order valence-electron chi connectivity index (χ2n) is 2.87. The van der Waals surface area contributed by atoms with Gasteiger partial charge < -0.3 is 4.74 Å². The molecule has 0 aliphatic rings. The fraction of sp³-hybridized carbons (Fsp3) is 0. The number of halogens is 2. The molecule has 76 valence electrons. The van der Waals surface area contributed by atoms with Crippen molar-refractivity contribution in [2.24, 2.45) is 0 Å². The Morgan fingerprint density at radius 3 is 2.80 bits per heavy atom. The van der Waals surface area contributed by atoms with Crippen LogP contribution < -0.4 is 4.74 Å². The molecule has 0 saturated carbocycles. The molecule has 0 bridgehead atoms. The van der Waals surface area contributed by atoms with Crippen molar-refractivity contribution in [1.82, 2.24) is 4.98 Å². The van der Waals surface area contributed by atoms with Crippen LogP contribution in [0.5, 0.6) is 11.5 Å². The predicted octanol–water partition coefficient (Wildman–Crippen LogP) is 3.62. The summed E-state index contributed by atoms with van der Waals surface area (Å²) in [4.78, 5) is 3.88. The van der Waals surface area contributed by atoms with Crippen molar-refractivity contribution in [3.05, 3.63) is 52.1 Å². The number of pyridine rings is 1. The van der Waals surface area contributed by atoms with Crippen LogP contribution in [0.2, 0.25) is 0 Å². The predicted molar refractivity (Wildman–Crippen MR) is 63.4 cm³/mol. The molecule has 0 N–H and O–H groups in total. The average molecular weight is 315 g/mol. The maximum Gasteiger partial charge on any atom is 0.166 e. The smallest absolute Gasteiger partial charge is 0.166 e. The third kappa shape index (κ3) is 2.65.